The number of H-pyrrole nitrogens is 1. The van der Waals surface area contributed by atoms with Crippen molar-refractivity contribution in [1.29, 1.82) is 0 Å². The van der Waals surface area contributed by atoms with Crippen molar-refractivity contribution in [2.24, 2.45) is 0 Å². The number of rotatable bonds is 4. The number of nitrogens with zero attached hydrogens (tertiary/aromatic N) is 3. The van der Waals surface area contributed by atoms with E-state index in [4.69, 9.17) is 0 Å². The quantitative estimate of drug-likeness (QED) is 0.601. The largest absolute Gasteiger partial charge is 0.345 e. The zero-order chi connectivity index (χ0) is 17.1. The molecular weight excluding hydrogens is 314 g/mol. The number of carbonyl (C=O) groups excluding carboxylic acids is 1. The zero-order valence-electron chi connectivity index (χ0n) is 13.3. The van der Waals surface area contributed by atoms with Gasteiger partial charge >= 0.3 is 0 Å². The van der Waals surface area contributed by atoms with Crippen molar-refractivity contribution >= 4 is 11.6 Å². The first-order valence-corrected chi connectivity index (χ1v) is 7.80. The highest BCUT2D eigenvalue weighted by atomic mass is 16.1. The smallest absolute Gasteiger partial charge is 0.274 e. The van der Waals surface area contributed by atoms with Crippen molar-refractivity contribution in [3.63, 3.8) is 0 Å². The molecule has 6 heteroatoms. The molecule has 0 aliphatic carbocycles. The van der Waals surface area contributed by atoms with E-state index in [1.165, 1.54) is 0 Å². The van der Waals surface area contributed by atoms with E-state index in [0.29, 0.717) is 11.4 Å². The first kappa shape index (κ1) is 14.9. The standard InChI is InChI=1S/C19H15N5O/c25-19(17-13-16(7-8-20-17)24-11-1-2-12-24)23-15-5-3-14(4-6-15)18-21-9-10-22-18/h1-13H,(H,21,22)(H,23,25). The number of imidazole rings is 1. The van der Waals surface area contributed by atoms with Gasteiger partial charge in [-0.15, -0.1) is 0 Å². The SMILES string of the molecule is O=C(Nc1ccc(-c2ncc[nH]2)cc1)c1cc(-n2cccc2)ccn1. The van der Waals surface area contributed by atoms with E-state index in [1.54, 1.807) is 24.7 Å². The molecule has 3 heterocycles. The highest BCUT2D eigenvalue weighted by molar-refractivity contribution is 6.03. The number of pyridine rings is 1. The summed E-state index contributed by atoms with van der Waals surface area (Å²) in [5, 5.41) is 2.86. The number of nitrogens with one attached hydrogen (secondary N) is 2. The highest BCUT2D eigenvalue weighted by Crippen LogP contribution is 2.18. The Hall–Kier alpha value is -3.67. The first-order valence-electron chi connectivity index (χ1n) is 7.80. The van der Waals surface area contributed by atoms with Crippen molar-refractivity contribution < 1.29 is 4.79 Å². The lowest BCUT2D eigenvalue weighted by molar-refractivity contribution is 0.102. The molecule has 0 aliphatic heterocycles. The molecular formula is C19H15N5O. The summed E-state index contributed by atoms with van der Waals surface area (Å²) in [6.07, 6.45) is 8.95. The molecule has 6 nitrogen and oxygen atoms in total. The van der Waals surface area contributed by atoms with Gasteiger partial charge in [0, 0.05) is 47.9 Å². The lowest BCUT2D eigenvalue weighted by atomic mass is 10.2. The number of hydrogen-bond acceptors (Lipinski definition) is 3. The predicted octanol–water partition coefficient (Wildman–Crippen LogP) is 3.51. The molecule has 0 aliphatic rings. The third-order valence-corrected chi connectivity index (χ3v) is 3.79. The molecule has 1 amide bonds. The van der Waals surface area contributed by atoms with Gasteiger partial charge in [0.2, 0.25) is 0 Å². The molecule has 0 unspecified atom stereocenters. The first-order chi connectivity index (χ1) is 12.3. The Morgan fingerprint density at radius 2 is 1.80 bits per heavy atom. The lowest BCUT2D eigenvalue weighted by Gasteiger charge is -2.07. The number of hydrogen-bond donors (Lipinski definition) is 2. The maximum Gasteiger partial charge on any atom is 0.274 e. The summed E-state index contributed by atoms with van der Waals surface area (Å²) in [6, 6.07) is 15.0. The average molecular weight is 329 g/mol. The van der Waals surface area contributed by atoms with Crippen molar-refractivity contribution in [2.45, 2.75) is 0 Å². The average Bonchev–Trinajstić information content (AvgIpc) is 3.36. The van der Waals surface area contributed by atoms with Crippen LogP contribution in [0.5, 0.6) is 0 Å². The van der Waals surface area contributed by atoms with Gasteiger partial charge in [-0.3, -0.25) is 9.78 Å². The number of amides is 1. The van der Waals surface area contributed by atoms with E-state index < -0.39 is 0 Å². The summed E-state index contributed by atoms with van der Waals surface area (Å²) < 4.78 is 1.93. The van der Waals surface area contributed by atoms with Crippen molar-refractivity contribution in [3.05, 3.63) is 85.2 Å². The number of carbonyl (C=O) groups is 1. The summed E-state index contributed by atoms with van der Waals surface area (Å²) >= 11 is 0. The Morgan fingerprint density at radius 1 is 1.00 bits per heavy atom. The summed E-state index contributed by atoms with van der Waals surface area (Å²) in [5.74, 6) is 0.540. The van der Waals surface area contributed by atoms with Gasteiger partial charge in [-0.1, -0.05) is 0 Å². The van der Waals surface area contributed by atoms with E-state index in [-0.39, 0.29) is 5.91 Å². The Labute approximate surface area is 144 Å². The second kappa shape index (κ2) is 6.45. The minimum absolute atomic E-state index is 0.250. The summed E-state index contributed by atoms with van der Waals surface area (Å²) in [6.45, 7) is 0. The minimum atomic E-state index is -0.250. The molecule has 3 aromatic heterocycles. The van der Waals surface area contributed by atoms with Gasteiger partial charge in [0.15, 0.2) is 0 Å². The molecule has 0 atom stereocenters. The van der Waals surface area contributed by atoms with E-state index >= 15 is 0 Å². The second-order valence-corrected chi connectivity index (χ2v) is 5.46. The van der Waals surface area contributed by atoms with Crippen LogP contribution in [-0.2, 0) is 0 Å². The van der Waals surface area contributed by atoms with Crippen molar-refractivity contribution in [2.75, 3.05) is 5.32 Å². The Balaban J connectivity index is 1.51. The number of aromatic nitrogens is 4. The van der Waals surface area contributed by atoms with Gasteiger partial charge in [-0.2, -0.15) is 0 Å². The normalized spacial score (nSPS) is 10.6. The predicted molar refractivity (Wildman–Crippen MR) is 95.5 cm³/mol. The van der Waals surface area contributed by atoms with Gasteiger partial charge < -0.3 is 14.9 Å². The molecule has 0 saturated carbocycles. The lowest BCUT2D eigenvalue weighted by Crippen LogP contribution is -2.14. The van der Waals surface area contributed by atoms with E-state index in [1.807, 2.05) is 59.4 Å². The number of benzene rings is 1. The van der Waals surface area contributed by atoms with Gasteiger partial charge in [0.25, 0.3) is 5.91 Å². The van der Waals surface area contributed by atoms with Gasteiger partial charge in [0.1, 0.15) is 11.5 Å². The Bertz CT molecular complexity index is 973. The summed E-state index contributed by atoms with van der Waals surface area (Å²) in [5.41, 5.74) is 2.91. The molecule has 1 aromatic carbocycles. The van der Waals surface area contributed by atoms with Gasteiger partial charge in [-0.25, -0.2) is 4.98 Å². The van der Waals surface area contributed by atoms with Crippen LogP contribution < -0.4 is 5.32 Å². The molecule has 4 rings (SSSR count). The molecule has 2 N–H and O–H groups in total. The van der Waals surface area contributed by atoms with E-state index in [0.717, 1.165) is 17.1 Å². The van der Waals surface area contributed by atoms with Crippen LogP contribution in [0.2, 0.25) is 0 Å². The number of anilines is 1. The van der Waals surface area contributed by atoms with E-state index in [2.05, 4.69) is 20.3 Å². The molecule has 0 bridgehead atoms. The summed E-state index contributed by atoms with van der Waals surface area (Å²) in [7, 11) is 0. The molecule has 25 heavy (non-hydrogen) atoms. The molecule has 122 valence electrons. The molecule has 4 aromatic rings. The molecule has 0 fully saturated rings. The molecule has 0 radical (unpaired) electrons. The third kappa shape index (κ3) is 3.18. The van der Waals surface area contributed by atoms with Gasteiger partial charge in [0.05, 0.1) is 0 Å². The topological polar surface area (TPSA) is 75.6 Å². The zero-order valence-corrected chi connectivity index (χ0v) is 13.3. The molecule has 0 saturated heterocycles. The van der Waals surface area contributed by atoms with Crippen LogP contribution in [0.4, 0.5) is 5.69 Å². The van der Waals surface area contributed by atoms with Crippen LogP contribution in [0.3, 0.4) is 0 Å². The Kier molecular flexibility index (Phi) is 3.84. The van der Waals surface area contributed by atoms with Crippen LogP contribution in [0.25, 0.3) is 17.1 Å². The fourth-order valence-corrected chi connectivity index (χ4v) is 2.54. The van der Waals surface area contributed by atoms with Crippen molar-refractivity contribution in [1.82, 2.24) is 19.5 Å². The highest BCUT2D eigenvalue weighted by Gasteiger charge is 2.09. The fraction of sp³-hybridized carbons (Fsp3) is 0. The van der Waals surface area contributed by atoms with Crippen LogP contribution in [-0.4, -0.2) is 25.4 Å². The minimum Gasteiger partial charge on any atom is -0.345 e. The van der Waals surface area contributed by atoms with Crippen LogP contribution >= 0.6 is 0 Å². The van der Waals surface area contributed by atoms with Crippen LogP contribution in [0.15, 0.2) is 79.5 Å². The van der Waals surface area contributed by atoms with Crippen molar-refractivity contribution in [3.8, 4) is 17.1 Å². The summed E-state index contributed by atoms with van der Waals surface area (Å²) in [4.78, 5) is 23.9. The van der Waals surface area contributed by atoms with E-state index in [9.17, 15) is 4.79 Å². The maximum absolute atomic E-state index is 12.4. The monoisotopic (exact) mass is 329 g/mol. The number of aromatic amines is 1. The molecule has 0 spiro atoms. The maximum atomic E-state index is 12.4. The Morgan fingerprint density at radius 3 is 2.52 bits per heavy atom. The van der Waals surface area contributed by atoms with Crippen LogP contribution in [0.1, 0.15) is 10.5 Å². The van der Waals surface area contributed by atoms with Gasteiger partial charge in [-0.05, 0) is 48.5 Å². The third-order valence-electron chi connectivity index (χ3n) is 3.79. The fourth-order valence-electron chi connectivity index (χ4n) is 2.54. The van der Waals surface area contributed by atoms with Crippen LogP contribution in [0, 0.1) is 0 Å². The second-order valence-electron chi connectivity index (χ2n) is 5.46.